The van der Waals surface area contributed by atoms with E-state index in [0.717, 1.165) is 38.3 Å². The molecular weight excluding hydrogens is 421 g/mol. The summed E-state index contributed by atoms with van der Waals surface area (Å²) < 4.78 is 0. The second-order valence-electron chi connectivity index (χ2n) is 6.46. The van der Waals surface area contributed by atoms with E-state index < -0.39 is 22.1 Å². The third-order valence-electron chi connectivity index (χ3n) is 4.74. The molecule has 3 rings (SSSR count). The van der Waals surface area contributed by atoms with Gasteiger partial charge in [-0.1, -0.05) is 18.2 Å². The number of hydrogen-bond donors (Lipinski definition) is 2. The summed E-state index contributed by atoms with van der Waals surface area (Å²) in [7, 11) is 0. The molecule has 0 atom stereocenters. The minimum atomic E-state index is -0.825. The van der Waals surface area contributed by atoms with Gasteiger partial charge in [-0.15, -0.1) is 24.8 Å². The van der Waals surface area contributed by atoms with Crippen LogP contribution in [0.4, 0.5) is 11.4 Å². The van der Waals surface area contributed by atoms with Gasteiger partial charge in [0, 0.05) is 56.5 Å². The molecule has 2 aromatic carbocycles. The Morgan fingerprint density at radius 1 is 1.03 bits per heavy atom. The Balaban J connectivity index is 0.00000210. The summed E-state index contributed by atoms with van der Waals surface area (Å²) in [6.45, 7) is 3.91. The second kappa shape index (κ2) is 10.8. The summed E-state index contributed by atoms with van der Waals surface area (Å²) >= 11 is 0. The molecule has 158 valence electrons. The first kappa shape index (κ1) is 24.5. The number of halogens is 2. The van der Waals surface area contributed by atoms with Crippen molar-refractivity contribution >= 4 is 42.0 Å². The van der Waals surface area contributed by atoms with Gasteiger partial charge in [0.05, 0.1) is 4.92 Å². The number of aromatic hydroxyl groups is 2. The summed E-state index contributed by atoms with van der Waals surface area (Å²) in [6, 6.07) is 12.2. The van der Waals surface area contributed by atoms with Crippen molar-refractivity contribution in [1.29, 1.82) is 0 Å². The number of carbonyl (C=O) groups is 1. The Hall–Kier alpha value is -2.55. The maximum Gasteiger partial charge on any atom is 0.315 e. The molecule has 10 heteroatoms. The van der Waals surface area contributed by atoms with Crippen molar-refractivity contribution in [2.24, 2.45) is 0 Å². The number of benzene rings is 2. The molecule has 0 saturated carbocycles. The Bertz CT molecular complexity index is 843. The molecule has 0 spiro atoms. The van der Waals surface area contributed by atoms with Crippen LogP contribution in [0.5, 0.6) is 11.5 Å². The lowest BCUT2D eigenvalue weighted by atomic mass is 10.1. The number of anilines is 1. The van der Waals surface area contributed by atoms with E-state index in [-0.39, 0.29) is 42.6 Å². The molecule has 0 radical (unpaired) electrons. The van der Waals surface area contributed by atoms with Gasteiger partial charge in [0.2, 0.25) is 5.75 Å². The topological polar surface area (TPSA) is 107 Å². The van der Waals surface area contributed by atoms with Crippen LogP contribution in [0.2, 0.25) is 0 Å². The predicted molar refractivity (Wildman–Crippen MR) is 115 cm³/mol. The summed E-state index contributed by atoms with van der Waals surface area (Å²) in [4.78, 5) is 26.9. The van der Waals surface area contributed by atoms with Crippen LogP contribution in [0.1, 0.15) is 16.8 Å². The SMILES string of the molecule is Cl.Cl.O=C(CCN1CCN(c2ccccc2)CC1)c1cc(O)c(O)c([N+](=O)[O-])c1. The van der Waals surface area contributed by atoms with Gasteiger partial charge in [-0.05, 0) is 18.2 Å². The van der Waals surface area contributed by atoms with Crippen molar-refractivity contribution in [1.82, 2.24) is 4.90 Å². The number of carbonyl (C=O) groups excluding carboxylic acids is 1. The fraction of sp³-hybridized carbons (Fsp3) is 0.316. The highest BCUT2D eigenvalue weighted by atomic mass is 35.5. The van der Waals surface area contributed by atoms with Crippen LogP contribution < -0.4 is 4.90 Å². The van der Waals surface area contributed by atoms with Crippen LogP contribution >= 0.6 is 24.8 Å². The standard InChI is InChI=1S/C19H21N3O5.2ClH/c23-17(14-12-16(22(26)27)19(25)18(24)13-14)6-7-20-8-10-21(11-9-20)15-4-2-1-3-5-15;;/h1-5,12-13,24-25H,6-11H2;2*1H. The van der Waals surface area contributed by atoms with Gasteiger partial charge in [-0.3, -0.25) is 19.8 Å². The van der Waals surface area contributed by atoms with Gasteiger partial charge in [-0.2, -0.15) is 0 Å². The molecule has 2 N–H and O–H groups in total. The van der Waals surface area contributed by atoms with Gasteiger partial charge in [0.25, 0.3) is 0 Å². The number of Topliss-reactive ketones (excluding diaryl/α,β-unsaturated/α-hetero) is 1. The maximum atomic E-state index is 12.4. The molecule has 0 unspecified atom stereocenters. The van der Waals surface area contributed by atoms with Crippen LogP contribution in [0, 0.1) is 10.1 Å². The van der Waals surface area contributed by atoms with Crippen molar-refractivity contribution in [2.75, 3.05) is 37.6 Å². The zero-order valence-corrected chi connectivity index (χ0v) is 17.2. The second-order valence-corrected chi connectivity index (χ2v) is 6.46. The quantitative estimate of drug-likeness (QED) is 0.305. The van der Waals surface area contributed by atoms with Crippen molar-refractivity contribution in [3.05, 3.63) is 58.1 Å². The number of nitrogens with zero attached hydrogens (tertiary/aromatic N) is 3. The number of hydrogen-bond acceptors (Lipinski definition) is 7. The molecule has 2 aromatic rings. The first-order valence-electron chi connectivity index (χ1n) is 8.71. The summed E-state index contributed by atoms with van der Waals surface area (Å²) in [5.41, 5.74) is 0.537. The van der Waals surface area contributed by atoms with Gasteiger partial charge >= 0.3 is 5.69 Å². The molecule has 1 aliphatic heterocycles. The largest absolute Gasteiger partial charge is 0.504 e. The first-order chi connectivity index (χ1) is 13.0. The molecule has 1 heterocycles. The normalized spacial score (nSPS) is 13.9. The number of nitro groups is 1. The molecule has 0 bridgehead atoms. The molecular formula is C19H23Cl2N3O5. The minimum absolute atomic E-state index is 0. The first-order valence-corrected chi connectivity index (χ1v) is 8.71. The Kier molecular flexibility index (Phi) is 9.16. The molecule has 0 amide bonds. The molecule has 8 nitrogen and oxygen atoms in total. The number of ketones is 1. The van der Waals surface area contributed by atoms with E-state index in [0.29, 0.717) is 6.54 Å². The van der Waals surface area contributed by atoms with E-state index in [2.05, 4.69) is 21.9 Å². The average molecular weight is 444 g/mol. The lowest BCUT2D eigenvalue weighted by molar-refractivity contribution is -0.386. The molecule has 29 heavy (non-hydrogen) atoms. The van der Waals surface area contributed by atoms with Crippen molar-refractivity contribution in [3.63, 3.8) is 0 Å². The molecule has 0 aromatic heterocycles. The van der Waals surface area contributed by atoms with E-state index in [9.17, 15) is 25.1 Å². The number of rotatable bonds is 6. The van der Waals surface area contributed by atoms with E-state index in [1.807, 2.05) is 18.2 Å². The highest BCUT2D eigenvalue weighted by Gasteiger charge is 2.22. The zero-order chi connectivity index (χ0) is 19.4. The maximum absolute atomic E-state index is 12.4. The van der Waals surface area contributed by atoms with Gasteiger partial charge in [0.15, 0.2) is 11.5 Å². The van der Waals surface area contributed by atoms with Crippen LogP contribution in [0.3, 0.4) is 0 Å². The Morgan fingerprint density at radius 3 is 2.24 bits per heavy atom. The molecule has 1 fully saturated rings. The summed E-state index contributed by atoms with van der Waals surface area (Å²) in [6.07, 6.45) is 0.187. The highest BCUT2D eigenvalue weighted by Crippen LogP contribution is 2.36. The predicted octanol–water partition coefficient (Wildman–Crippen LogP) is 3.24. The number of piperazine rings is 1. The van der Waals surface area contributed by atoms with Crippen molar-refractivity contribution in [3.8, 4) is 11.5 Å². The van der Waals surface area contributed by atoms with Crippen LogP contribution in [0.15, 0.2) is 42.5 Å². The minimum Gasteiger partial charge on any atom is -0.504 e. The molecule has 1 aliphatic rings. The lowest BCUT2D eigenvalue weighted by Gasteiger charge is -2.36. The number of nitro benzene ring substituents is 1. The Labute approximate surface area is 180 Å². The van der Waals surface area contributed by atoms with Gasteiger partial charge in [-0.25, -0.2) is 0 Å². The fourth-order valence-corrected chi connectivity index (χ4v) is 3.18. The fourth-order valence-electron chi connectivity index (χ4n) is 3.18. The lowest BCUT2D eigenvalue weighted by Crippen LogP contribution is -2.46. The number of phenolic OH excluding ortho intramolecular Hbond substituents is 2. The number of para-hydroxylation sites is 1. The van der Waals surface area contributed by atoms with E-state index in [1.165, 1.54) is 5.69 Å². The number of phenols is 2. The van der Waals surface area contributed by atoms with E-state index in [1.54, 1.807) is 0 Å². The third kappa shape index (κ3) is 5.96. The van der Waals surface area contributed by atoms with Crippen LogP contribution in [0.25, 0.3) is 0 Å². The summed E-state index contributed by atoms with van der Waals surface area (Å²) in [5, 5.41) is 30.0. The summed E-state index contributed by atoms with van der Waals surface area (Å²) in [5.74, 6) is -1.79. The molecule has 1 saturated heterocycles. The zero-order valence-electron chi connectivity index (χ0n) is 15.6. The van der Waals surface area contributed by atoms with Crippen molar-refractivity contribution in [2.45, 2.75) is 6.42 Å². The van der Waals surface area contributed by atoms with Crippen LogP contribution in [-0.4, -0.2) is 58.5 Å². The third-order valence-corrected chi connectivity index (χ3v) is 4.74. The Morgan fingerprint density at radius 2 is 1.66 bits per heavy atom. The molecule has 0 aliphatic carbocycles. The smallest absolute Gasteiger partial charge is 0.315 e. The van der Waals surface area contributed by atoms with E-state index in [4.69, 9.17) is 0 Å². The van der Waals surface area contributed by atoms with Crippen molar-refractivity contribution < 1.29 is 19.9 Å². The van der Waals surface area contributed by atoms with Crippen LogP contribution in [-0.2, 0) is 0 Å². The highest BCUT2D eigenvalue weighted by molar-refractivity contribution is 5.97. The van der Waals surface area contributed by atoms with Gasteiger partial charge in [0.1, 0.15) is 0 Å². The average Bonchev–Trinajstić information content (AvgIpc) is 2.69. The monoisotopic (exact) mass is 443 g/mol. The van der Waals surface area contributed by atoms with Gasteiger partial charge < -0.3 is 15.1 Å². The van der Waals surface area contributed by atoms with E-state index >= 15 is 0 Å².